The maximum atomic E-state index is 12.4. The lowest BCUT2D eigenvalue weighted by atomic mass is 10.1. The zero-order chi connectivity index (χ0) is 14.0. The summed E-state index contributed by atoms with van der Waals surface area (Å²) in [5, 5.41) is 16.9. The number of carbonyl (C=O) groups is 2. The number of morpholine rings is 1. The number of aryl methyl sites for hydroxylation is 2. The number of aromatic nitrogens is 2. The van der Waals surface area contributed by atoms with E-state index >= 15 is 0 Å². The van der Waals surface area contributed by atoms with Crippen LogP contribution in [-0.2, 0) is 9.53 Å². The molecule has 102 valence electrons. The lowest BCUT2D eigenvalue weighted by Gasteiger charge is -2.33. The maximum Gasteiger partial charge on any atom is 0.328 e. The van der Waals surface area contributed by atoms with E-state index in [1.807, 2.05) is 0 Å². The molecule has 1 N–H and O–H groups in total. The standard InChI is InChI=1S/C12H15N3O4/c1-7-5-9(8(2)14-13-7)11(16)15-3-4-19-6-10(15)12(17)18/h5,10H,3-4,6H2,1-2H3,(H,17,18). The monoisotopic (exact) mass is 265 g/mol. The Morgan fingerprint density at radius 2 is 2.16 bits per heavy atom. The Hall–Kier alpha value is -2.02. The van der Waals surface area contributed by atoms with Gasteiger partial charge in [-0.15, -0.1) is 0 Å². The quantitative estimate of drug-likeness (QED) is 0.810. The van der Waals surface area contributed by atoms with Crippen LogP contribution in [0.25, 0.3) is 0 Å². The van der Waals surface area contributed by atoms with E-state index in [9.17, 15) is 9.59 Å². The first-order valence-corrected chi connectivity index (χ1v) is 5.93. The van der Waals surface area contributed by atoms with Gasteiger partial charge >= 0.3 is 5.97 Å². The third-order valence-corrected chi connectivity index (χ3v) is 3.01. The van der Waals surface area contributed by atoms with Crippen molar-refractivity contribution < 1.29 is 19.4 Å². The summed E-state index contributed by atoms with van der Waals surface area (Å²) in [7, 11) is 0. The molecule has 0 bridgehead atoms. The smallest absolute Gasteiger partial charge is 0.328 e. The predicted molar refractivity (Wildman–Crippen MR) is 64.8 cm³/mol. The lowest BCUT2D eigenvalue weighted by molar-refractivity contribution is -0.147. The minimum absolute atomic E-state index is 0.0115. The number of carboxylic acids is 1. The number of hydrogen-bond donors (Lipinski definition) is 1. The average Bonchev–Trinajstić information content (AvgIpc) is 2.40. The van der Waals surface area contributed by atoms with Crippen LogP contribution in [-0.4, -0.2) is 57.9 Å². The SMILES string of the molecule is Cc1cc(C(=O)N2CCOCC2C(=O)O)c(C)nn1. The zero-order valence-electron chi connectivity index (χ0n) is 10.8. The fraction of sp³-hybridized carbons (Fsp3) is 0.500. The highest BCUT2D eigenvalue weighted by Crippen LogP contribution is 2.15. The number of amides is 1. The highest BCUT2D eigenvalue weighted by molar-refractivity contribution is 5.97. The number of aliphatic carboxylic acids is 1. The van der Waals surface area contributed by atoms with Crippen molar-refractivity contribution in [3.8, 4) is 0 Å². The normalized spacial score (nSPS) is 19.3. The Morgan fingerprint density at radius 1 is 1.42 bits per heavy atom. The van der Waals surface area contributed by atoms with Crippen LogP contribution in [0.3, 0.4) is 0 Å². The van der Waals surface area contributed by atoms with Crippen molar-refractivity contribution in [1.82, 2.24) is 15.1 Å². The largest absolute Gasteiger partial charge is 0.480 e. The van der Waals surface area contributed by atoms with Gasteiger partial charge in [-0.2, -0.15) is 10.2 Å². The molecule has 0 spiro atoms. The summed E-state index contributed by atoms with van der Waals surface area (Å²) < 4.78 is 5.11. The van der Waals surface area contributed by atoms with Gasteiger partial charge < -0.3 is 14.7 Å². The number of carboxylic acid groups (broad SMARTS) is 1. The van der Waals surface area contributed by atoms with Crippen LogP contribution < -0.4 is 0 Å². The van der Waals surface area contributed by atoms with Crippen molar-refractivity contribution in [3.63, 3.8) is 0 Å². The molecular formula is C12H15N3O4. The van der Waals surface area contributed by atoms with Crippen LogP contribution in [0.4, 0.5) is 0 Å². The molecule has 0 aromatic carbocycles. The molecule has 1 unspecified atom stereocenters. The first-order valence-electron chi connectivity index (χ1n) is 5.93. The minimum atomic E-state index is -1.07. The molecular weight excluding hydrogens is 250 g/mol. The highest BCUT2D eigenvalue weighted by Gasteiger charge is 2.34. The summed E-state index contributed by atoms with van der Waals surface area (Å²) >= 11 is 0. The fourth-order valence-corrected chi connectivity index (χ4v) is 1.97. The van der Waals surface area contributed by atoms with Crippen LogP contribution in [0.5, 0.6) is 0 Å². The second-order valence-corrected chi connectivity index (χ2v) is 4.41. The molecule has 1 atom stereocenters. The van der Waals surface area contributed by atoms with Crippen molar-refractivity contribution in [2.45, 2.75) is 19.9 Å². The van der Waals surface area contributed by atoms with Crippen molar-refractivity contribution in [2.24, 2.45) is 0 Å². The van der Waals surface area contributed by atoms with Crippen LogP contribution >= 0.6 is 0 Å². The van der Waals surface area contributed by atoms with E-state index in [1.54, 1.807) is 19.9 Å². The van der Waals surface area contributed by atoms with Gasteiger partial charge in [0.05, 0.1) is 30.2 Å². The van der Waals surface area contributed by atoms with Crippen molar-refractivity contribution in [1.29, 1.82) is 0 Å². The molecule has 19 heavy (non-hydrogen) atoms. The second kappa shape index (κ2) is 5.31. The van der Waals surface area contributed by atoms with E-state index in [4.69, 9.17) is 9.84 Å². The Kier molecular flexibility index (Phi) is 3.75. The summed E-state index contributed by atoms with van der Waals surface area (Å²) in [4.78, 5) is 24.9. The van der Waals surface area contributed by atoms with E-state index in [0.29, 0.717) is 23.6 Å². The van der Waals surface area contributed by atoms with Gasteiger partial charge in [-0.05, 0) is 19.9 Å². The summed E-state index contributed by atoms with van der Waals surface area (Å²) in [6.07, 6.45) is 0. The van der Waals surface area contributed by atoms with E-state index in [0.717, 1.165) is 0 Å². The average molecular weight is 265 g/mol. The van der Waals surface area contributed by atoms with Crippen LogP contribution in [0.1, 0.15) is 21.7 Å². The molecule has 1 aliphatic heterocycles. The molecule has 1 aromatic heterocycles. The van der Waals surface area contributed by atoms with Gasteiger partial charge in [-0.3, -0.25) is 4.79 Å². The van der Waals surface area contributed by atoms with E-state index in [1.165, 1.54) is 4.90 Å². The Balaban J connectivity index is 2.31. The molecule has 7 heteroatoms. The molecule has 1 saturated heterocycles. The fourth-order valence-electron chi connectivity index (χ4n) is 1.97. The summed E-state index contributed by atoms with van der Waals surface area (Å²) in [6, 6.07) is 0.674. The summed E-state index contributed by atoms with van der Waals surface area (Å²) in [5.74, 6) is -1.41. The number of carbonyl (C=O) groups excluding carboxylic acids is 1. The first kappa shape index (κ1) is 13.4. The molecule has 0 radical (unpaired) electrons. The zero-order valence-corrected chi connectivity index (χ0v) is 10.8. The van der Waals surface area contributed by atoms with Crippen LogP contribution in [0.15, 0.2) is 6.07 Å². The maximum absolute atomic E-state index is 12.4. The van der Waals surface area contributed by atoms with Crippen molar-refractivity contribution in [2.75, 3.05) is 19.8 Å². The van der Waals surface area contributed by atoms with Gasteiger partial charge in [0.15, 0.2) is 6.04 Å². The minimum Gasteiger partial charge on any atom is -0.480 e. The molecule has 1 amide bonds. The van der Waals surface area contributed by atoms with Gasteiger partial charge in [-0.1, -0.05) is 0 Å². The number of hydrogen-bond acceptors (Lipinski definition) is 5. The molecule has 7 nitrogen and oxygen atoms in total. The second-order valence-electron chi connectivity index (χ2n) is 4.41. The molecule has 2 heterocycles. The first-order chi connectivity index (χ1) is 9.00. The van der Waals surface area contributed by atoms with Crippen molar-refractivity contribution >= 4 is 11.9 Å². The summed E-state index contributed by atoms with van der Waals surface area (Å²) in [6.45, 7) is 4.02. The van der Waals surface area contributed by atoms with Crippen LogP contribution in [0.2, 0.25) is 0 Å². The molecule has 0 aliphatic carbocycles. The van der Waals surface area contributed by atoms with E-state index < -0.39 is 12.0 Å². The Bertz CT molecular complexity index is 518. The Morgan fingerprint density at radius 3 is 2.84 bits per heavy atom. The van der Waals surface area contributed by atoms with Gasteiger partial charge in [0.1, 0.15) is 0 Å². The van der Waals surface area contributed by atoms with Crippen molar-refractivity contribution in [3.05, 3.63) is 23.0 Å². The van der Waals surface area contributed by atoms with Gasteiger partial charge in [-0.25, -0.2) is 4.79 Å². The van der Waals surface area contributed by atoms with Gasteiger partial charge in [0.2, 0.25) is 0 Å². The third kappa shape index (κ3) is 2.70. The molecule has 1 aliphatic rings. The number of rotatable bonds is 2. The molecule has 1 fully saturated rings. The topological polar surface area (TPSA) is 92.6 Å². The summed E-state index contributed by atoms with van der Waals surface area (Å²) in [5.41, 5.74) is 1.50. The third-order valence-electron chi connectivity index (χ3n) is 3.01. The highest BCUT2D eigenvalue weighted by atomic mass is 16.5. The molecule has 2 rings (SSSR count). The molecule has 1 aromatic rings. The van der Waals surface area contributed by atoms with Crippen LogP contribution in [0, 0.1) is 13.8 Å². The number of ether oxygens (including phenoxy) is 1. The van der Waals surface area contributed by atoms with Gasteiger partial charge in [0.25, 0.3) is 5.91 Å². The number of nitrogens with zero attached hydrogens (tertiary/aromatic N) is 3. The molecule has 0 saturated carbocycles. The van der Waals surface area contributed by atoms with Gasteiger partial charge in [0, 0.05) is 6.54 Å². The van der Waals surface area contributed by atoms with E-state index in [2.05, 4.69) is 10.2 Å². The Labute approximate surface area is 110 Å². The predicted octanol–water partition coefficient (Wildman–Crippen LogP) is 0.0190. The lowest BCUT2D eigenvalue weighted by Crippen LogP contribution is -2.52. The van der Waals surface area contributed by atoms with E-state index in [-0.39, 0.29) is 19.1 Å².